The number of hydrogen-bond donors (Lipinski definition) is 1. The molecule has 0 amide bonds. The van der Waals surface area contributed by atoms with Gasteiger partial charge in [0, 0.05) is 10.5 Å². The molecule has 0 aromatic heterocycles. The smallest absolute Gasteiger partial charge is 0.128 e. The maximum atomic E-state index is 5.96. The molecule has 3 heteroatoms. The average molecular weight is 348 g/mol. The molecule has 0 bridgehead atoms. The molecular weight excluding hydrogens is 326 g/mol. The lowest BCUT2D eigenvalue weighted by Crippen LogP contribution is -2.10. The van der Waals surface area contributed by atoms with Crippen LogP contribution in [0, 0.1) is 0 Å². The SMILES string of the molecule is CC(N)c1ccc(Oc2cccc(C(C)(C)C)c2)cc1Br. The van der Waals surface area contributed by atoms with E-state index in [2.05, 4.69) is 48.8 Å². The van der Waals surface area contributed by atoms with E-state index in [0.29, 0.717) is 0 Å². The minimum Gasteiger partial charge on any atom is -0.457 e. The van der Waals surface area contributed by atoms with Crippen LogP contribution in [0.25, 0.3) is 0 Å². The van der Waals surface area contributed by atoms with Crippen molar-refractivity contribution in [1.82, 2.24) is 0 Å². The number of rotatable bonds is 3. The van der Waals surface area contributed by atoms with Crippen LogP contribution in [0.15, 0.2) is 46.9 Å². The predicted molar refractivity (Wildman–Crippen MR) is 92.0 cm³/mol. The third kappa shape index (κ3) is 4.08. The molecule has 112 valence electrons. The lowest BCUT2D eigenvalue weighted by molar-refractivity contribution is 0.478. The van der Waals surface area contributed by atoms with Gasteiger partial charge in [0.1, 0.15) is 11.5 Å². The molecule has 2 N–H and O–H groups in total. The zero-order valence-corrected chi connectivity index (χ0v) is 14.6. The minimum atomic E-state index is -0.00218. The molecule has 0 spiro atoms. The fourth-order valence-corrected chi connectivity index (χ4v) is 2.82. The Bertz CT molecular complexity index is 629. The van der Waals surface area contributed by atoms with Crippen LogP contribution >= 0.6 is 15.9 Å². The molecule has 0 radical (unpaired) electrons. The van der Waals surface area contributed by atoms with E-state index in [4.69, 9.17) is 10.5 Å². The highest BCUT2D eigenvalue weighted by atomic mass is 79.9. The molecule has 2 aromatic carbocycles. The van der Waals surface area contributed by atoms with E-state index in [1.165, 1.54) is 5.56 Å². The highest BCUT2D eigenvalue weighted by Gasteiger charge is 2.14. The predicted octanol–water partition coefficient (Wildman–Crippen LogP) is 5.56. The quantitative estimate of drug-likeness (QED) is 0.788. The second-order valence-electron chi connectivity index (χ2n) is 6.35. The molecule has 0 aliphatic carbocycles. The van der Waals surface area contributed by atoms with Gasteiger partial charge >= 0.3 is 0 Å². The Labute approximate surface area is 135 Å². The van der Waals surface area contributed by atoms with E-state index in [0.717, 1.165) is 21.5 Å². The van der Waals surface area contributed by atoms with Gasteiger partial charge in [0.25, 0.3) is 0 Å². The van der Waals surface area contributed by atoms with Gasteiger partial charge in [-0.3, -0.25) is 0 Å². The van der Waals surface area contributed by atoms with E-state index < -0.39 is 0 Å². The molecule has 0 fully saturated rings. The van der Waals surface area contributed by atoms with Crippen LogP contribution in [0.3, 0.4) is 0 Å². The van der Waals surface area contributed by atoms with Crippen molar-refractivity contribution in [1.29, 1.82) is 0 Å². The van der Waals surface area contributed by atoms with Gasteiger partial charge in [0.2, 0.25) is 0 Å². The van der Waals surface area contributed by atoms with Crippen LogP contribution in [0.1, 0.15) is 44.9 Å². The van der Waals surface area contributed by atoms with Crippen molar-refractivity contribution in [3.05, 3.63) is 58.1 Å². The Kier molecular flexibility index (Phi) is 4.74. The van der Waals surface area contributed by atoms with Crippen LogP contribution in [-0.4, -0.2) is 0 Å². The second-order valence-corrected chi connectivity index (χ2v) is 7.21. The Hall–Kier alpha value is -1.32. The molecule has 2 nitrogen and oxygen atoms in total. The van der Waals surface area contributed by atoms with Crippen molar-refractivity contribution in [3.8, 4) is 11.5 Å². The first-order chi connectivity index (χ1) is 9.77. The van der Waals surface area contributed by atoms with E-state index >= 15 is 0 Å². The van der Waals surface area contributed by atoms with E-state index in [-0.39, 0.29) is 11.5 Å². The van der Waals surface area contributed by atoms with Gasteiger partial charge in [-0.2, -0.15) is 0 Å². The Morgan fingerprint density at radius 1 is 1.05 bits per heavy atom. The third-order valence-electron chi connectivity index (χ3n) is 3.40. The number of nitrogens with two attached hydrogens (primary N) is 1. The molecule has 2 aromatic rings. The molecule has 0 aliphatic rings. The molecule has 0 saturated heterocycles. The molecule has 2 rings (SSSR count). The van der Waals surface area contributed by atoms with Crippen molar-refractivity contribution < 1.29 is 4.74 Å². The molecule has 0 aliphatic heterocycles. The molecule has 0 saturated carbocycles. The number of benzene rings is 2. The number of hydrogen-bond acceptors (Lipinski definition) is 2. The summed E-state index contributed by atoms with van der Waals surface area (Å²) in [6.45, 7) is 8.55. The molecular formula is C18H22BrNO. The first-order valence-corrected chi connectivity index (χ1v) is 7.90. The molecule has 21 heavy (non-hydrogen) atoms. The van der Waals surface area contributed by atoms with Crippen molar-refractivity contribution in [2.24, 2.45) is 5.73 Å². The summed E-state index contributed by atoms with van der Waals surface area (Å²) in [5, 5.41) is 0. The minimum absolute atomic E-state index is 0.00218. The van der Waals surface area contributed by atoms with Crippen LogP contribution in [0.5, 0.6) is 11.5 Å². The highest BCUT2D eigenvalue weighted by Crippen LogP contribution is 2.31. The summed E-state index contributed by atoms with van der Waals surface area (Å²) < 4.78 is 6.93. The zero-order valence-electron chi connectivity index (χ0n) is 13.0. The van der Waals surface area contributed by atoms with Crippen LogP contribution < -0.4 is 10.5 Å². The molecule has 0 heterocycles. The van der Waals surface area contributed by atoms with E-state index in [1.807, 2.05) is 37.3 Å². The topological polar surface area (TPSA) is 35.2 Å². The van der Waals surface area contributed by atoms with Gasteiger partial charge in [0.05, 0.1) is 0 Å². The van der Waals surface area contributed by atoms with Crippen molar-refractivity contribution in [3.63, 3.8) is 0 Å². The van der Waals surface area contributed by atoms with Crippen LogP contribution in [0.4, 0.5) is 0 Å². The summed E-state index contributed by atoms with van der Waals surface area (Å²) in [6, 6.07) is 14.1. The van der Waals surface area contributed by atoms with Gasteiger partial charge in [-0.05, 0) is 47.7 Å². The van der Waals surface area contributed by atoms with Gasteiger partial charge in [-0.1, -0.05) is 54.9 Å². The Balaban J connectivity index is 2.25. The second kappa shape index (κ2) is 6.20. The lowest BCUT2D eigenvalue weighted by atomic mass is 9.87. The van der Waals surface area contributed by atoms with E-state index in [9.17, 15) is 0 Å². The standard InChI is InChI=1S/C18H22BrNO/c1-12(20)16-9-8-15(11-17(16)19)21-14-7-5-6-13(10-14)18(2,3)4/h5-12H,20H2,1-4H3. The van der Waals surface area contributed by atoms with Gasteiger partial charge in [0.15, 0.2) is 0 Å². The summed E-state index contributed by atoms with van der Waals surface area (Å²) in [6.07, 6.45) is 0. The average Bonchev–Trinajstić information content (AvgIpc) is 2.37. The summed E-state index contributed by atoms with van der Waals surface area (Å²) in [4.78, 5) is 0. The fraction of sp³-hybridized carbons (Fsp3) is 0.333. The molecule has 1 atom stereocenters. The van der Waals surface area contributed by atoms with Crippen molar-refractivity contribution in [2.45, 2.75) is 39.2 Å². The zero-order chi connectivity index (χ0) is 15.6. The van der Waals surface area contributed by atoms with Gasteiger partial charge in [-0.25, -0.2) is 0 Å². The number of ether oxygens (including phenoxy) is 1. The van der Waals surface area contributed by atoms with E-state index in [1.54, 1.807) is 0 Å². The Morgan fingerprint density at radius 2 is 1.71 bits per heavy atom. The highest BCUT2D eigenvalue weighted by molar-refractivity contribution is 9.10. The van der Waals surface area contributed by atoms with Gasteiger partial charge < -0.3 is 10.5 Å². The summed E-state index contributed by atoms with van der Waals surface area (Å²) in [5.74, 6) is 1.65. The maximum Gasteiger partial charge on any atom is 0.128 e. The first-order valence-electron chi connectivity index (χ1n) is 7.11. The fourth-order valence-electron chi connectivity index (χ4n) is 2.10. The summed E-state index contributed by atoms with van der Waals surface area (Å²) >= 11 is 3.55. The normalized spacial score (nSPS) is 13.0. The van der Waals surface area contributed by atoms with Gasteiger partial charge in [-0.15, -0.1) is 0 Å². The maximum absolute atomic E-state index is 5.96. The third-order valence-corrected chi connectivity index (χ3v) is 4.08. The number of halogens is 1. The Morgan fingerprint density at radius 3 is 2.29 bits per heavy atom. The monoisotopic (exact) mass is 347 g/mol. The van der Waals surface area contributed by atoms with Crippen LogP contribution in [0.2, 0.25) is 0 Å². The molecule has 1 unspecified atom stereocenters. The largest absolute Gasteiger partial charge is 0.457 e. The van der Waals surface area contributed by atoms with Crippen molar-refractivity contribution in [2.75, 3.05) is 0 Å². The lowest BCUT2D eigenvalue weighted by Gasteiger charge is -2.20. The summed E-state index contributed by atoms with van der Waals surface area (Å²) in [5.41, 5.74) is 8.35. The van der Waals surface area contributed by atoms with Crippen molar-refractivity contribution >= 4 is 15.9 Å². The summed E-state index contributed by atoms with van der Waals surface area (Å²) in [7, 11) is 0. The first kappa shape index (κ1) is 16.1. The van der Waals surface area contributed by atoms with Crippen LogP contribution in [-0.2, 0) is 5.41 Å².